The van der Waals surface area contributed by atoms with Crippen LogP contribution in [0.4, 0.5) is 26.3 Å². The number of thiophene rings is 1. The van der Waals surface area contributed by atoms with E-state index >= 15 is 4.79 Å². The van der Waals surface area contributed by atoms with Crippen LogP contribution >= 0.6 is 22.9 Å². The van der Waals surface area contributed by atoms with Gasteiger partial charge in [-0.15, -0.1) is 11.3 Å². The van der Waals surface area contributed by atoms with Gasteiger partial charge in [0.2, 0.25) is 11.5 Å². The van der Waals surface area contributed by atoms with Gasteiger partial charge >= 0.3 is 12.4 Å². The molecule has 57 heavy (non-hydrogen) atoms. The van der Waals surface area contributed by atoms with Gasteiger partial charge in [-0.3, -0.25) is 24.3 Å². The van der Waals surface area contributed by atoms with E-state index < -0.39 is 58.0 Å². The number of aromatic nitrogens is 1. The van der Waals surface area contributed by atoms with E-state index in [1.165, 1.54) is 0 Å². The quantitative estimate of drug-likeness (QED) is 0.206. The standard InChI is InChI=1S/C39H44ClF6N5O5S/c1-2-5-31-37(56-27-23-32(57-24-27)39(44,45)46,12-4-14-51(31)35(54)34-29(38(41,42)43)6-3-13-47-34)36(55)50-15-11-25-22-26(40)7-8-28(25)30(50)9-10-33(53)49-18-16-48(17-19-49)20-21-52/h3,6-8,13,22-24,30-31,52H,2,4-5,9-12,14-21H2,1H3/t30-,31-,37+/m1/s1. The summed E-state index contributed by atoms with van der Waals surface area (Å²) in [7, 11) is 0. The van der Waals surface area contributed by atoms with Crippen LogP contribution in [0, 0.1) is 0 Å². The molecule has 0 radical (unpaired) electrons. The molecule has 5 heterocycles. The Morgan fingerprint density at radius 3 is 2.40 bits per heavy atom. The number of aliphatic hydroxyl groups excluding tert-OH is 1. The highest BCUT2D eigenvalue weighted by Crippen LogP contribution is 2.45. The molecule has 1 N–H and O–H groups in total. The van der Waals surface area contributed by atoms with E-state index in [0.29, 0.717) is 61.9 Å². The maximum Gasteiger partial charge on any atom is 0.425 e. The number of pyridine rings is 1. The van der Waals surface area contributed by atoms with Crippen LogP contribution < -0.4 is 4.74 Å². The monoisotopic (exact) mass is 843 g/mol. The number of carbonyl (C=O) groups excluding carboxylic acids is 3. The number of β-amino-alcohol motifs (C(OH)–C–C–N with tert-alkyl or cyclic N) is 1. The molecule has 6 rings (SSSR count). The summed E-state index contributed by atoms with van der Waals surface area (Å²) in [6.07, 6.45) is -7.59. The van der Waals surface area contributed by atoms with Crippen molar-refractivity contribution in [2.24, 2.45) is 0 Å². The van der Waals surface area contributed by atoms with E-state index in [2.05, 4.69) is 9.88 Å². The molecule has 1 aromatic carbocycles. The van der Waals surface area contributed by atoms with E-state index in [0.717, 1.165) is 45.8 Å². The summed E-state index contributed by atoms with van der Waals surface area (Å²) in [5.74, 6) is -2.12. The molecular weight excluding hydrogens is 800 g/mol. The van der Waals surface area contributed by atoms with Crippen molar-refractivity contribution in [3.63, 3.8) is 0 Å². The lowest BCUT2D eigenvalue weighted by Gasteiger charge is -2.51. The maximum absolute atomic E-state index is 15.5. The Morgan fingerprint density at radius 1 is 0.982 bits per heavy atom. The third kappa shape index (κ3) is 9.21. The Morgan fingerprint density at radius 2 is 1.74 bits per heavy atom. The van der Waals surface area contributed by atoms with Crippen LogP contribution in [0.2, 0.25) is 5.02 Å². The second-order valence-electron chi connectivity index (χ2n) is 14.5. The predicted molar refractivity (Wildman–Crippen MR) is 200 cm³/mol. The van der Waals surface area contributed by atoms with Crippen LogP contribution in [0.15, 0.2) is 48.0 Å². The fourth-order valence-corrected chi connectivity index (χ4v) is 9.21. The van der Waals surface area contributed by atoms with Crippen molar-refractivity contribution in [1.29, 1.82) is 0 Å². The summed E-state index contributed by atoms with van der Waals surface area (Å²) in [5, 5.41) is 10.9. The molecule has 2 fully saturated rings. The van der Waals surface area contributed by atoms with E-state index in [9.17, 15) is 41.0 Å². The van der Waals surface area contributed by atoms with E-state index in [1.54, 1.807) is 34.9 Å². The molecule has 3 amide bonds. The first-order chi connectivity index (χ1) is 27.1. The topological polar surface area (TPSA) is 107 Å². The number of piperidine rings is 1. The van der Waals surface area contributed by atoms with Gasteiger partial charge in [-0.2, -0.15) is 26.3 Å². The maximum atomic E-state index is 15.5. The van der Waals surface area contributed by atoms with Gasteiger partial charge in [-0.05, 0) is 61.1 Å². The molecule has 310 valence electrons. The Labute approximate surface area is 335 Å². The zero-order valence-electron chi connectivity index (χ0n) is 31.3. The second kappa shape index (κ2) is 17.5. The minimum atomic E-state index is -4.93. The van der Waals surface area contributed by atoms with Crippen molar-refractivity contribution in [3.8, 4) is 5.75 Å². The minimum Gasteiger partial charge on any atom is -0.474 e. The summed E-state index contributed by atoms with van der Waals surface area (Å²) in [5.41, 5.74) is -2.57. The van der Waals surface area contributed by atoms with Crippen molar-refractivity contribution in [3.05, 3.63) is 80.3 Å². The number of alkyl halides is 6. The van der Waals surface area contributed by atoms with Gasteiger partial charge in [0.05, 0.1) is 24.3 Å². The van der Waals surface area contributed by atoms with Crippen molar-refractivity contribution in [1.82, 2.24) is 24.6 Å². The Kier molecular flexibility index (Phi) is 13.1. The molecule has 0 saturated carbocycles. The first-order valence-electron chi connectivity index (χ1n) is 19.0. The Hall–Kier alpha value is -3.93. The average molecular weight is 844 g/mol. The summed E-state index contributed by atoms with van der Waals surface area (Å²) in [6, 6.07) is 5.91. The number of hydrogen-bond acceptors (Lipinski definition) is 8. The average Bonchev–Trinajstić information content (AvgIpc) is 3.66. The number of ether oxygens (including phenoxy) is 1. The molecule has 3 aliphatic heterocycles. The third-order valence-corrected chi connectivity index (χ3v) is 12.2. The van der Waals surface area contributed by atoms with Gasteiger partial charge in [-0.25, -0.2) is 0 Å². The van der Waals surface area contributed by atoms with Crippen molar-refractivity contribution >= 4 is 40.7 Å². The SMILES string of the molecule is CCC[C@H]1N(C(=O)c2ncccc2C(F)(F)F)CCC[C@@]1(Oc1csc(C(F)(F)F)c1)C(=O)N1CCc2cc(Cl)ccc2[C@H]1CCC(=O)N1CCN(CCO)CC1. The highest BCUT2D eigenvalue weighted by Gasteiger charge is 2.57. The lowest BCUT2D eigenvalue weighted by Crippen LogP contribution is -2.68. The summed E-state index contributed by atoms with van der Waals surface area (Å²) < 4.78 is 90.6. The molecule has 0 bridgehead atoms. The second-order valence-corrected chi connectivity index (χ2v) is 15.9. The number of nitrogens with zero attached hydrogens (tertiary/aromatic N) is 5. The fourth-order valence-electron chi connectivity index (χ4n) is 8.33. The molecule has 0 spiro atoms. The fraction of sp³-hybridized carbons (Fsp3) is 0.538. The lowest BCUT2D eigenvalue weighted by atomic mass is 9.78. The number of amides is 3. The Balaban J connectivity index is 1.40. The molecule has 0 aliphatic carbocycles. The zero-order valence-corrected chi connectivity index (χ0v) is 32.8. The van der Waals surface area contributed by atoms with Crippen LogP contribution in [-0.2, 0) is 28.4 Å². The van der Waals surface area contributed by atoms with Gasteiger partial charge in [0, 0.05) is 81.3 Å². The highest BCUT2D eigenvalue weighted by atomic mass is 35.5. The van der Waals surface area contributed by atoms with Crippen LogP contribution in [0.1, 0.15) is 83.5 Å². The number of carbonyl (C=O) groups is 3. The first kappa shape index (κ1) is 42.7. The molecular formula is C39H44ClF6N5O5S. The highest BCUT2D eigenvalue weighted by molar-refractivity contribution is 7.10. The molecule has 2 saturated heterocycles. The molecule has 3 aliphatic rings. The van der Waals surface area contributed by atoms with Crippen LogP contribution in [0.5, 0.6) is 5.75 Å². The van der Waals surface area contributed by atoms with Crippen LogP contribution in [-0.4, -0.2) is 111 Å². The van der Waals surface area contributed by atoms with Crippen molar-refractivity contribution in [2.75, 3.05) is 52.4 Å². The number of halogens is 7. The van der Waals surface area contributed by atoms with Crippen LogP contribution in [0.25, 0.3) is 0 Å². The summed E-state index contributed by atoms with van der Waals surface area (Å²) in [6.45, 7) is 4.44. The molecule has 0 unspecified atom stereocenters. The molecule has 2 aromatic heterocycles. The number of likely N-dealkylation sites (tertiary alicyclic amines) is 1. The molecule has 10 nitrogen and oxygen atoms in total. The Bertz CT molecular complexity index is 1920. The van der Waals surface area contributed by atoms with Gasteiger partial charge in [-0.1, -0.05) is 31.0 Å². The number of piperazine rings is 1. The zero-order chi connectivity index (χ0) is 41.1. The largest absolute Gasteiger partial charge is 0.474 e. The summed E-state index contributed by atoms with van der Waals surface area (Å²) >= 11 is 6.75. The van der Waals surface area contributed by atoms with E-state index in [4.69, 9.17) is 16.3 Å². The normalized spacial score (nSPS) is 22.0. The van der Waals surface area contributed by atoms with Gasteiger partial charge in [0.1, 0.15) is 16.3 Å². The minimum absolute atomic E-state index is 0.00674. The van der Waals surface area contributed by atoms with Gasteiger partial charge in [0.25, 0.3) is 11.8 Å². The predicted octanol–water partition coefficient (Wildman–Crippen LogP) is 7.10. The third-order valence-electron chi connectivity index (χ3n) is 11.0. The number of fused-ring (bicyclic) bond motifs is 1. The van der Waals surface area contributed by atoms with Gasteiger partial charge < -0.3 is 24.5 Å². The number of hydrogen-bond donors (Lipinski definition) is 1. The smallest absolute Gasteiger partial charge is 0.425 e. The van der Waals surface area contributed by atoms with Gasteiger partial charge in [0.15, 0.2) is 0 Å². The molecule has 3 aromatic rings. The summed E-state index contributed by atoms with van der Waals surface area (Å²) in [4.78, 5) is 52.7. The van der Waals surface area contributed by atoms with E-state index in [-0.39, 0.29) is 63.5 Å². The molecule has 18 heteroatoms. The van der Waals surface area contributed by atoms with Crippen molar-refractivity contribution < 1.29 is 50.6 Å². The van der Waals surface area contributed by atoms with Crippen molar-refractivity contribution in [2.45, 2.75) is 81.9 Å². The first-order valence-corrected chi connectivity index (χ1v) is 20.2. The lowest BCUT2D eigenvalue weighted by molar-refractivity contribution is -0.163. The number of aliphatic hydroxyl groups is 1. The van der Waals surface area contributed by atoms with Crippen LogP contribution in [0.3, 0.4) is 0 Å². The van der Waals surface area contributed by atoms with E-state index in [1.807, 2.05) is 0 Å². The number of benzene rings is 1. The number of rotatable bonds is 11. The molecule has 3 atom stereocenters.